The van der Waals surface area contributed by atoms with Gasteiger partial charge in [-0.05, 0) is 31.0 Å². The number of H-pyrrole nitrogens is 1. The third-order valence-corrected chi connectivity index (χ3v) is 5.48. The van der Waals surface area contributed by atoms with Crippen molar-refractivity contribution in [2.45, 2.75) is 44.2 Å². The summed E-state index contributed by atoms with van der Waals surface area (Å²) in [5.41, 5.74) is 1.84. The molecule has 0 spiro atoms. The summed E-state index contributed by atoms with van der Waals surface area (Å²) < 4.78 is 7.24. The number of carbonyl (C=O) groups excluding carboxylic acids is 1. The second kappa shape index (κ2) is 7.19. The maximum atomic E-state index is 12.8. The Morgan fingerprint density at radius 1 is 1.26 bits per heavy atom. The number of morpholine rings is 1. The average molecular weight is 373 g/mol. The third kappa shape index (κ3) is 3.49. The molecule has 1 saturated carbocycles. The van der Waals surface area contributed by atoms with Gasteiger partial charge >= 0.3 is 11.7 Å². The third-order valence-electron chi connectivity index (χ3n) is 5.48. The quantitative estimate of drug-likeness (QED) is 0.850. The minimum atomic E-state index is -0.943. The summed E-state index contributed by atoms with van der Waals surface area (Å²) in [5.74, 6) is -1.12. The Morgan fingerprint density at radius 3 is 2.78 bits per heavy atom. The van der Waals surface area contributed by atoms with Gasteiger partial charge in [-0.2, -0.15) is 0 Å². The molecule has 0 unspecified atom stereocenters. The van der Waals surface area contributed by atoms with Gasteiger partial charge in [-0.3, -0.25) is 14.2 Å². The molecule has 0 bridgehead atoms. The topological polar surface area (TPSA) is 105 Å². The molecule has 1 aliphatic carbocycles. The molecule has 1 atom stereocenters. The normalized spacial score (nSPS) is 21.0. The molecule has 2 aliphatic rings. The van der Waals surface area contributed by atoms with E-state index in [1.54, 1.807) is 17.0 Å². The molecule has 27 heavy (non-hydrogen) atoms. The summed E-state index contributed by atoms with van der Waals surface area (Å²) in [4.78, 5) is 40.6. The van der Waals surface area contributed by atoms with Gasteiger partial charge in [0.2, 0.25) is 0 Å². The van der Waals surface area contributed by atoms with Gasteiger partial charge in [0, 0.05) is 24.7 Å². The molecule has 1 aromatic heterocycles. The lowest BCUT2D eigenvalue weighted by Gasteiger charge is -2.32. The van der Waals surface area contributed by atoms with E-state index in [9.17, 15) is 14.4 Å². The number of rotatable bonds is 4. The number of hydrogen-bond donors (Lipinski definition) is 2. The molecule has 0 radical (unpaired) electrons. The fourth-order valence-corrected chi connectivity index (χ4v) is 4.19. The number of hydrogen-bond acceptors (Lipinski definition) is 4. The molecule has 2 heterocycles. The number of nitrogens with zero attached hydrogens (tertiary/aromatic N) is 2. The lowest BCUT2D eigenvalue weighted by Crippen LogP contribution is -2.46. The van der Waals surface area contributed by atoms with Crippen LogP contribution in [0.3, 0.4) is 0 Å². The van der Waals surface area contributed by atoms with E-state index in [1.807, 2.05) is 10.6 Å². The fraction of sp³-hybridized carbons (Fsp3) is 0.526. The number of ether oxygens (including phenoxy) is 1. The van der Waals surface area contributed by atoms with Crippen molar-refractivity contribution < 1.29 is 19.4 Å². The van der Waals surface area contributed by atoms with E-state index in [2.05, 4.69) is 4.98 Å². The lowest BCUT2D eigenvalue weighted by atomic mass is 10.1. The molecular formula is C19H23N3O5. The number of carbonyl (C=O) groups is 2. The van der Waals surface area contributed by atoms with Crippen molar-refractivity contribution >= 4 is 22.9 Å². The van der Waals surface area contributed by atoms with Gasteiger partial charge in [0.05, 0.1) is 30.2 Å². The van der Waals surface area contributed by atoms with E-state index in [1.165, 1.54) is 0 Å². The number of imidazole rings is 1. The number of carboxylic acids is 1. The molecule has 8 heteroatoms. The van der Waals surface area contributed by atoms with Gasteiger partial charge in [-0.15, -0.1) is 0 Å². The Labute approximate surface area is 155 Å². The maximum absolute atomic E-state index is 12.8. The van der Waals surface area contributed by atoms with Crippen LogP contribution in [0.25, 0.3) is 11.0 Å². The number of amides is 1. The Bertz CT molecular complexity index is 925. The SMILES string of the molecule is O=C(O)C[C@H]1CN(C(=O)c2ccc3c(c2)[nH]c(=O)n3C2CCCC2)CCO1. The van der Waals surface area contributed by atoms with Gasteiger partial charge in [0.25, 0.3) is 5.91 Å². The van der Waals surface area contributed by atoms with E-state index in [0.717, 1.165) is 31.2 Å². The summed E-state index contributed by atoms with van der Waals surface area (Å²) in [6.45, 7) is 0.996. The first-order valence-electron chi connectivity index (χ1n) is 9.40. The molecule has 2 fully saturated rings. The number of aromatic nitrogens is 2. The highest BCUT2D eigenvalue weighted by Gasteiger charge is 2.27. The number of aromatic amines is 1. The van der Waals surface area contributed by atoms with Crippen molar-refractivity contribution in [1.82, 2.24) is 14.5 Å². The van der Waals surface area contributed by atoms with Crippen LogP contribution in [-0.4, -0.2) is 57.2 Å². The smallest absolute Gasteiger partial charge is 0.326 e. The molecule has 144 valence electrons. The van der Waals surface area contributed by atoms with Gasteiger partial charge in [-0.25, -0.2) is 4.79 Å². The van der Waals surface area contributed by atoms with E-state index in [4.69, 9.17) is 9.84 Å². The molecule has 1 amide bonds. The van der Waals surface area contributed by atoms with Gasteiger partial charge in [-0.1, -0.05) is 12.8 Å². The molecule has 4 rings (SSSR count). The van der Waals surface area contributed by atoms with Crippen molar-refractivity contribution in [2.24, 2.45) is 0 Å². The average Bonchev–Trinajstić information content (AvgIpc) is 3.26. The first-order valence-corrected chi connectivity index (χ1v) is 9.40. The van der Waals surface area contributed by atoms with Crippen LogP contribution in [0.5, 0.6) is 0 Å². The number of fused-ring (bicyclic) bond motifs is 1. The molecule has 1 aromatic carbocycles. The molecular weight excluding hydrogens is 350 g/mol. The van der Waals surface area contributed by atoms with Crippen LogP contribution in [0.15, 0.2) is 23.0 Å². The molecule has 2 aromatic rings. The molecule has 8 nitrogen and oxygen atoms in total. The van der Waals surface area contributed by atoms with Crippen molar-refractivity contribution in [3.63, 3.8) is 0 Å². The molecule has 1 aliphatic heterocycles. The van der Waals surface area contributed by atoms with Crippen molar-refractivity contribution in [2.75, 3.05) is 19.7 Å². The Balaban J connectivity index is 1.57. The number of aliphatic carboxylic acids is 1. The van der Waals surface area contributed by atoms with Crippen LogP contribution < -0.4 is 5.69 Å². The second-order valence-corrected chi connectivity index (χ2v) is 7.31. The van der Waals surface area contributed by atoms with Gasteiger partial charge in [0.1, 0.15) is 0 Å². The number of benzene rings is 1. The summed E-state index contributed by atoms with van der Waals surface area (Å²) >= 11 is 0. The Hall–Kier alpha value is -2.61. The lowest BCUT2D eigenvalue weighted by molar-refractivity contribution is -0.141. The summed E-state index contributed by atoms with van der Waals surface area (Å²) in [6, 6.07) is 5.51. The Morgan fingerprint density at radius 2 is 2.04 bits per heavy atom. The van der Waals surface area contributed by atoms with E-state index in [-0.39, 0.29) is 30.6 Å². The Kier molecular flexibility index (Phi) is 4.73. The van der Waals surface area contributed by atoms with Crippen LogP contribution in [-0.2, 0) is 9.53 Å². The predicted molar refractivity (Wildman–Crippen MR) is 98.0 cm³/mol. The largest absolute Gasteiger partial charge is 0.481 e. The first kappa shape index (κ1) is 17.8. The zero-order chi connectivity index (χ0) is 19.0. The fourth-order valence-electron chi connectivity index (χ4n) is 4.19. The highest BCUT2D eigenvalue weighted by molar-refractivity contribution is 5.97. The zero-order valence-corrected chi connectivity index (χ0v) is 15.0. The highest BCUT2D eigenvalue weighted by atomic mass is 16.5. The van der Waals surface area contributed by atoms with Gasteiger partial charge < -0.3 is 19.7 Å². The summed E-state index contributed by atoms with van der Waals surface area (Å²) in [6.07, 6.45) is 3.66. The molecule has 2 N–H and O–H groups in total. The minimum Gasteiger partial charge on any atom is -0.481 e. The van der Waals surface area contributed by atoms with Gasteiger partial charge in [0.15, 0.2) is 0 Å². The van der Waals surface area contributed by atoms with Crippen LogP contribution in [0.2, 0.25) is 0 Å². The molecule has 1 saturated heterocycles. The number of carboxylic acid groups (broad SMARTS) is 1. The predicted octanol–water partition coefficient (Wildman–Crippen LogP) is 1.76. The maximum Gasteiger partial charge on any atom is 0.326 e. The number of nitrogens with one attached hydrogen (secondary N) is 1. The standard InChI is InChI=1S/C19H23N3O5/c23-17(24)10-14-11-21(7-8-27-14)18(25)12-5-6-16-15(9-12)20-19(26)22(16)13-3-1-2-4-13/h5-6,9,13-14H,1-4,7-8,10-11H2,(H,20,26)(H,23,24)/t14-/m0/s1. The first-order chi connectivity index (χ1) is 13.0. The monoisotopic (exact) mass is 373 g/mol. The van der Waals surface area contributed by atoms with Crippen molar-refractivity contribution in [3.05, 3.63) is 34.2 Å². The van der Waals surface area contributed by atoms with Crippen molar-refractivity contribution in [3.8, 4) is 0 Å². The van der Waals surface area contributed by atoms with E-state index in [0.29, 0.717) is 24.2 Å². The summed E-state index contributed by atoms with van der Waals surface area (Å²) in [7, 11) is 0. The second-order valence-electron chi connectivity index (χ2n) is 7.31. The summed E-state index contributed by atoms with van der Waals surface area (Å²) in [5, 5.41) is 8.92. The van der Waals surface area contributed by atoms with Crippen LogP contribution in [0.1, 0.15) is 48.5 Å². The van der Waals surface area contributed by atoms with Crippen LogP contribution >= 0.6 is 0 Å². The van der Waals surface area contributed by atoms with E-state index >= 15 is 0 Å². The zero-order valence-electron chi connectivity index (χ0n) is 15.0. The van der Waals surface area contributed by atoms with Crippen LogP contribution in [0, 0.1) is 0 Å². The van der Waals surface area contributed by atoms with Crippen LogP contribution in [0.4, 0.5) is 0 Å². The highest BCUT2D eigenvalue weighted by Crippen LogP contribution is 2.30. The van der Waals surface area contributed by atoms with E-state index < -0.39 is 12.1 Å². The minimum absolute atomic E-state index is 0.125. The van der Waals surface area contributed by atoms with Crippen molar-refractivity contribution in [1.29, 1.82) is 0 Å².